The van der Waals surface area contributed by atoms with Crippen molar-refractivity contribution in [2.24, 2.45) is 5.41 Å². The van der Waals surface area contributed by atoms with Gasteiger partial charge in [0.15, 0.2) is 0 Å². The average molecular weight is 374 g/mol. The monoisotopic (exact) mass is 373 g/mol. The molecule has 0 aliphatic heterocycles. The first-order valence-electron chi connectivity index (χ1n) is 7.43. The molecular formula is C16H21Cl2N3OS. The molecule has 0 aliphatic rings. The first-order chi connectivity index (χ1) is 10.7. The van der Waals surface area contributed by atoms with Crippen LogP contribution in [-0.2, 0) is 6.54 Å². The molecule has 0 amide bonds. The number of nitrogens with zero attached hydrogens (tertiary/aromatic N) is 2. The minimum atomic E-state index is -0.491. The molecule has 1 aromatic carbocycles. The largest absolute Gasteiger partial charge is 0.485 e. The highest BCUT2D eigenvalue weighted by molar-refractivity contribution is 7.71. The Kier molecular flexibility index (Phi) is 5.44. The van der Waals surface area contributed by atoms with Gasteiger partial charge in [0.05, 0.1) is 16.6 Å². The fourth-order valence-corrected chi connectivity index (χ4v) is 3.01. The first kappa shape index (κ1) is 18.3. The minimum Gasteiger partial charge on any atom is -0.485 e. The van der Waals surface area contributed by atoms with E-state index in [2.05, 4.69) is 37.8 Å². The SMILES string of the molecule is CCC(Cn1[nH]cnc1=S)(Oc1ccc(Cl)c(Cl)c1)C(C)(C)C. The van der Waals surface area contributed by atoms with Crippen LogP contribution in [0.2, 0.25) is 10.0 Å². The lowest BCUT2D eigenvalue weighted by Crippen LogP contribution is -2.51. The molecule has 0 bridgehead atoms. The van der Waals surface area contributed by atoms with Crippen LogP contribution < -0.4 is 4.74 Å². The van der Waals surface area contributed by atoms with Gasteiger partial charge in [0.25, 0.3) is 0 Å². The van der Waals surface area contributed by atoms with E-state index in [0.29, 0.717) is 27.1 Å². The van der Waals surface area contributed by atoms with E-state index in [1.54, 1.807) is 18.5 Å². The highest BCUT2D eigenvalue weighted by Gasteiger charge is 2.43. The quantitative estimate of drug-likeness (QED) is 0.701. The van der Waals surface area contributed by atoms with Crippen molar-refractivity contribution < 1.29 is 4.74 Å². The molecule has 1 aromatic heterocycles. The van der Waals surface area contributed by atoms with Gasteiger partial charge in [0.2, 0.25) is 4.77 Å². The molecule has 1 N–H and O–H groups in total. The van der Waals surface area contributed by atoms with Crippen molar-refractivity contribution in [2.45, 2.75) is 46.3 Å². The van der Waals surface area contributed by atoms with E-state index in [1.807, 2.05) is 10.7 Å². The smallest absolute Gasteiger partial charge is 0.215 e. The Hall–Kier alpha value is -1.04. The third-order valence-corrected chi connectivity index (χ3v) is 5.24. The molecule has 1 atom stereocenters. The molecule has 0 radical (unpaired) electrons. The van der Waals surface area contributed by atoms with Crippen LogP contribution in [0.4, 0.5) is 0 Å². The van der Waals surface area contributed by atoms with E-state index in [-0.39, 0.29) is 5.41 Å². The predicted molar refractivity (Wildman–Crippen MR) is 97.0 cm³/mol. The van der Waals surface area contributed by atoms with Crippen LogP contribution in [-0.4, -0.2) is 20.4 Å². The van der Waals surface area contributed by atoms with Crippen molar-refractivity contribution in [1.29, 1.82) is 0 Å². The summed E-state index contributed by atoms with van der Waals surface area (Å²) in [5, 5.41) is 4.03. The summed E-state index contributed by atoms with van der Waals surface area (Å²) in [5.74, 6) is 0.683. The van der Waals surface area contributed by atoms with Crippen LogP contribution in [0.5, 0.6) is 5.75 Å². The minimum absolute atomic E-state index is 0.145. The van der Waals surface area contributed by atoms with Crippen molar-refractivity contribution >= 4 is 35.4 Å². The van der Waals surface area contributed by atoms with Crippen molar-refractivity contribution in [3.8, 4) is 5.75 Å². The average Bonchev–Trinajstić information content (AvgIpc) is 2.86. The number of H-pyrrole nitrogens is 1. The van der Waals surface area contributed by atoms with Gasteiger partial charge in [-0.05, 0) is 30.8 Å². The van der Waals surface area contributed by atoms with Crippen molar-refractivity contribution in [1.82, 2.24) is 14.8 Å². The fourth-order valence-electron chi connectivity index (χ4n) is 2.55. The van der Waals surface area contributed by atoms with E-state index >= 15 is 0 Å². The third-order valence-electron chi connectivity index (χ3n) is 4.18. The van der Waals surface area contributed by atoms with Crippen molar-refractivity contribution in [3.63, 3.8) is 0 Å². The number of nitrogens with one attached hydrogen (secondary N) is 1. The van der Waals surface area contributed by atoms with E-state index in [9.17, 15) is 0 Å². The Morgan fingerprint density at radius 1 is 1.26 bits per heavy atom. The number of aromatic nitrogens is 3. The summed E-state index contributed by atoms with van der Waals surface area (Å²) in [7, 11) is 0. The zero-order valence-corrected chi connectivity index (χ0v) is 16.0. The topological polar surface area (TPSA) is 42.8 Å². The highest BCUT2D eigenvalue weighted by atomic mass is 35.5. The molecule has 0 saturated carbocycles. The second-order valence-corrected chi connectivity index (χ2v) is 7.71. The molecule has 2 rings (SSSR count). The van der Waals surface area contributed by atoms with Gasteiger partial charge in [-0.2, -0.15) is 0 Å². The fraction of sp³-hybridized carbons (Fsp3) is 0.500. The number of ether oxygens (including phenoxy) is 1. The molecule has 1 heterocycles. The van der Waals surface area contributed by atoms with Gasteiger partial charge in [-0.3, -0.25) is 9.78 Å². The maximum atomic E-state index is 6.42. The van der Waals surface area contributed by atoms with Crippen molar-refractivity contribution in [3.05, 3.63) is 39.3 Å². The van der Waals surface area contributed by atoms with Crippen LogP contribution in [0.3, 0.4) is 0 Å². The maximum absolute atomic E-state index is 6.42. The summed E-state index contributed by atoms with van der Waals surface area (Å²) < 4.78 is 8.75. The molecule has 1 unspecified atom stereocenters. The predicted octanol–water partition coefficient (Wildman–Crippen LogP) is 5.52. The van der Waals surface area contributed by atoms with E-state index in [0.717, 1.165) is 6.42 Å². The van der Waals surface area contributed by atoms with Gasteiger partial charge in [-0.15, -0.1) is 0 Å². The van der Waals surface area contributed by atoms with Gasteiger partial charge in [-0.25, -0.2) is 4.98 Å². The van der Waals surface area contributed by atoms with Crippen LogP contribution in [0.1, 0.15) is 34.1 Å². The van der Waals surface area contributed by atoms with E-state index < -0.39 is 5.60 Å². The van der Waals surface area contributed by atoms with Crippen LogP contribution in [0, 0.1) is 10.2 Å². The summed E-state index contributed by atoms with van der Waals surface area (Å²) in [6, 6.07) is 5.31. The van der Waals surface area contributed by atoms with E-state index in [1.165, 1.54) is 0 Å². The zero-order chi connectivity index (χ0) is 17.3. The number of hydrogen-bond donors (Lipinski definition) is 1. The number of aromatic amines is 1. The Morgan fingerprint density at radius 2 is 1.96 bits per heavy atom. The molecule has 126 valence electrons. The Balaban J connectivity index is 2.42. The summed E-state index contributed by atoms with van der Waals surface area (Å²) in [4.78, 5) is 4.08. The maximum Gasteiger partial charge on any atom is 0.215 e. The molecule has 0 spiro atoms. The molecule has 23 heavy (non-hydrogen) atoms. The van der Waals surface area contributed by atoms with Crippen LogP contribution in [0.15, 0.2) is 24.5 Å². The molecule has 2 aromatic rings. The number of benzene rings is 1. The number of hydrogen-bond acceptors (Lipinski definition) is 3. The Bertz CT molecular complexity index is 735. The first-order valence-corrected chi connectivity index (χ1v) is 8.59. The second kappa shape index (κ2) is 6.83. The van der Waals surface area contributed by atoms with Crippen molar-refractivity contribution in [2.75, 3.05) is 0 Å². The Labute approximate surface area is 151 Å². The lowest BCUT2D eigenvalue weighted by molar-refractivity contribution is -0.0531. The summed E-state index contributed by atoms with van der Waals surface area (Å²) in [6.07, 6.45) is 2.38. The van der Waals surface area contributed by atoms with E-state index in [4.69, 9.17) is 40.2 Å². The number of halogens is 2. The molecule has 0 fully saturated rings. The van der Waals surface area contributed by atoms with Gasteiger partial charge in [-0.1, -0.05) is 50.9 Å². The normalized spacial score (nSPS) is 14.5. The summed E-state index contributed by atoms with van der Waals surface area (Å²) >= 11 is 17.4. The molecule has 4 nitrogen and oxygen atoms in total. The van der Waals surface area contributed by atoms with Gasteiger partial charge >= 0.3 is 0 Å². The number of rotatable bonds is 5. The van der Waals surface area contributed by atoms with Crippen LogP contribution in [0.25, 0.3) is 0 Å². The summed E-state index contributed by atoms with van der Waals surface area (Å²) in [5.41, 5.74) is -0.636. The highest BCUT2D eigenvalue weighted by Crippen LogP contribution is 2.40. The lowest BCUT2D eigenvalue weighted by atomic mass is 9.74. The third kappa shape index (κ3) is 3.90. The summed E-state index contributed by atoms with van der Waals surface area (Å²) in [6.45, 7) is 9.10. The van der Waals surface area contributed by atoms with Gasteiger partial charge in [0.1, 0.15) is 17.7 Å². The molecule has 0 aliphatic carbocycles. The lowest BCUT2D eigenvalue weighted by Gasteiger charge is -2.44. The van der Waals surface area contributed by atoms with Gasteiger partial charge < -0.3 is 4.74 Å². The molecule has 7 heteroatoms. The molecule has 0 saturated heterocycles. The molecular weight excluding hydrogens is 353 g/mol. The second-order valence-electron chi connectivity index (χ2n) is 6.53. The zero-order valence-electron chi connectivity index (χ0n) is 13.7. The Morgan fingerprint density at radius 3 is 2.43 bits per heavy atom. The standard InChI is InChI=1S/C16H21Cl2N3OS/c1-5-16(15(2,3)4,9-21-14(23)19-10-20-21)22-11-6-7-12(17)13(18)8-11/h6-8,10H,5,9H2,1-4H3,(H,19,20,23). The van der Waals surface area contributed by atoms with Crippen LogP contribution >= 0.6 is 35.4 Å². The van der Waals surface area contributed by atoms with Gasteiger partial charge in [0, 0.05) is 11.5 Å².